The molecule has 1 N–H and O–H groups in total. The fourth-order valence-corrected chi connectivity index (χ4v) is 3.47. The van der Waals surface area contributed by atoms with E-state index in [1.165, 1.54) is 4.90 Å². The van der Waals surface area contributed by atoms with E-state index in [-0.39, 0.29) is 17.5 Å². The number of nitrogens with one attached hydrogen (secondary N) is 1. The molecule has 0 bridgehead atoms. The summed E-state index contributed by atoms with van der Waals surface area (Å²) in [6.07, 6.45) is 0. The number of rotatable bonds is 4. The Balaban J connectivity index is 1.81. The van der Waals surface area contributed by atoms with Crippen LogP contribution in [0.25, 0.3) is 5.57 Å². The lowest BCUT2D eigenvalue weighted by Gasteiger charge is -2.15. The molecular weight excluding hydrogens is 416 g/mol. The van der Waals surface area contributed by atoms with Gasteiger partial charge in [-0.05, 0) is 54.4 Å². The molecule has 28 heavy (non-hydrogen) atoms. The number of anilines is 2. The Hall–Kier alpha value is -3.18. The van der Waals surface area contributed by atoms with E-state index >= 15 is 0 Å². The summed E-state index contributed by atoms with van der Waals surface area (Å²) in [5.74, 6) is -0.707. The summed E-state index contributed by atoms with van der Waals surface area (Å²) in [4.78, 5) is 27.7. The van der Waals surface area contributed by atoms with Gasteiger partial charge in [0, 0.05) is 10.2 Å². The molecule has 0 saturated carbocycles. The summed E-state index contributed by atoms with van der Waals surface area (Å²) in [6.45, 7) is 1.98. The Kier molecular flexibility index (Phi) is 4.84. The first-order chi connectivity index (χ1) is 13.5. The highest BCUT2D eigenvalue weighted by molar-refractivity contribution is 9.10. The van der Waals surface area contributed by atoms with Crippen molar-refractivity contribution in [2.24, 2.45) is 0 Å². The van der Waals surface area contributed by atoms with E-state index in [9.17, 15) is 9.59 Å². The summed E-state index contributed by atoms with van der Waals surface area (Å²) >= 11 is 3.38. The van der Waals surface area contributed by atoms with Gasteiger partial charge in [0.05, 0.1) is 11.3 Å². The van der Waals surface area contributed by atoms with Crippen LogP contribution in [0.4, 0.5) is 11.4 Å². The Morgan fingerprint density at radius 2 is 1.54 bits per heavy atom. The molecule has 5 heteroatoms. The highest BCUT2D eigenvalue weighted by Gasteiger charge is 2.40. The molecule has 4 nitrogen and oxygen atoms in total. The van der Waals surface area contributed by atoms with Crippen LogP contribution >= 0.6 is 15.9 Å². The third-order valence-electron chi connectivity index (χ3n) is 4.52. The van der Waals surface area contributed by atoms with Gasteiger partial charge in [-0.15, -0.1) is 0 Å². The smallest absolute Gasteiger partial charge is 0.282 e. The number of carbonyl (C=O) groups is 2. The van der Waals surface area contributed by atoms with Crippen molar-refractivity contribution in [3.8, 4) is 0 Å². The number of nitrogens with zero attached hydrogens (tertiary/aromatic N) is 1. The second kappa shape index (κ2) is 7.44. The Bertz CT molecular complexity index is 1090. The SMILES string of the molecule is Cc1cccc(NC2=C(c3ccccc3)C(=O)N(c3ccc(Br)cc3)C2=O)c1. The second-order valence-electron chi connectivity index (χ2n) is 6.53. The van der Waals surface area contributed by atoms with Crippen molar-refractivity contribution in [3.05, 3.63) is 100 Å². The monoisotopic (exact) mass is 432 g/mol. The van der Waals surface area contributed by atoms with Gasteiger partial charge in [-0.25, -0.2) is 4.90 Å². The summed E-state index contributed by atoms with van der Waals surface area (Å²) in [5.41, 5.74) is 3.72. The molecular formula is C23H17BrN2O2. The lowest BCUT2D eigenvalue weighted by molar-refractivity contribution is -0.120. The standard InChI is InChI=1S/C23H17BrN2O2/c1-15-6-5-9-18(14-15)25-21-20(16-7-3-2-4-8-16)22(27)26(23(21)28)19-12-10-17(24)11-13-19/h2-14,25H,1H3. The lowest BCUT2D eigenvalue weighted by Crippen LogP contribution is -2.32. The largest absolute Gasteiger partial charge is 0.350 e. The number of imide groups is 1. The van der Waals surface area contributed by atoms with Gasteiger partial charge in [0.2, 0.25) is 0 Å². The average Bonchev–Trinajstić information content (AvgIpc) is 2.93. The van der Waals surface area contributed by atoms with Crippen molar-refractivity contribution in [3.63, 3.8) is 0 Å². The van der Waals surface area contributed by atoms with Crippen LogP contribution in [-0.2, 0) is 9.59 Å². The zero-order chi connectivity index (χ0) is 19.7. The number of benzene rings is 3. The van der Waals surface area contributed by atoms with E-state index in [2.05, 4.69) is 21.2 Å². The third kappa shape index (κ3) is 3.37. The second-order valence-corrected chi connectivity index (χ2v) is 7.45. The topological polar surface area (TPSA) is 49.4 Å². The first-order valence-electron chi connectivity index (χ1n) is 8.82. The molecule has 0 atom stereocenters. The van der Waals surface area contributed by atoms with Crippen LogP contribution in [0, 0.1) is 6.92 Å². The molecule has 3 aromatic carbocycles. The zero-order valence-electron chi connectivity index (χ0n) is 15.1. The number of halogens is 1. The molecule has 2 amide bonds. The minimum Gasteiger partial charge on any atom is -0.350 e. The van der Waals surface area contributed by atoms with Crippen molar-refractivity contribution in [1.82, 2.24) is 0 Å². The lowest BCUT2D eigenvalue weighted by atomic mass is 10.0. The number of hydrogen-bond acceptors (Lipinski definition) is 3. The molecule has 1 heterocycles. The first kappa shape index (κ1) is 18.2. The van der Waals surface area contributed by atoms with Gasteiger partial charge >= 0.3 is 0 Å². The summed E-state index contributed by atoms with van der Waals surface area (Å²) < 4.78 is 0.879. The van der Waals surface area contributed by atoms with E-state index in [0.29, 0.717) is 16.8 Å². The molecule has 0 spiro atoms. The average molecular weight is 433 g/mol. The van der Waals surface area contributed by atoms with Gasteiger partial charge < -0.3 is 5.32 Å². The van der Waals surface area contributed by atoms with Crippen molar-refractivity contribution < 1.29 is 9.59 Å². The Morgan fingerprint density at radius 3 is 2.21 bits per heavy atom. The molecule has 1 aliphatic heterocycles. The van der Waals surface area contributed by atoms with Crippen molar-refractivity contribution >= 4 is 44.7 Å². The van der Waals surface area contributed by atoms with Crippen LogP contribution in [-0.4, -0.2) is 11.8 Å². The molecule has 1 aliphatic rings. The van der Waals surface area contributed by atoms with Gasteiger partial charge in [0.15, 0.2) is 0 Å². The van der Waals surface area contributed by atoms with Gasteiger partial charge in [0.25, 0.3) is 11.8 Å². The van der Waals surface area contributed by atoms with Crippen molar-refractivity contribution in [2.45, 2.75) is 6.92 Å². The van der Waals surface area contributed by atoms with E-state index in [1.807, 2.05) is 73.7 Å². The molecule has 0 aliphatic carbocycles. The van der Waals surface area contributed by atoms with E-state index < -0.39 is 0 Å². The fraction of sp³-hybridized carbons (Fsp3) is 0.0435. The van der Waals surface area contributed by atoms with Crippen LogP contribution in [0.2, 0.25) is 0 Å². The van der Waals surface area contributed by atoms with Gasteiger partial charge in [-0.1, -0.05) is 58.4 Å². The minimum absolute atomic E-state index is 0.282. The highest BCUT2D eigenvalue weighted by atomic mass is 79.9. The molecule has 4 rings (SSSR count). The molecule has 138 valence electrons. The van der Waals surface area contributed by atoms with Crippen LogP contribution in [0.1, 0.15) is 11.1 Å². The van der Waals surface area contributed by atoms with Crippen molar-refractivity contribution in [2.75, 3.05) is 10.2 Å². The third-order valence-corrected chi connectivity index (χ3v) is 5.05. The zero-order valence-corrected chi connectivity index (χ0v) is 16.7. The van der Waals surface area contributed by atoms with E-state index in [0.717, 1.165) is 15.7 Å². The molecule has 0 radical (unpaired) electrons. The molecule has 0 unspecified atom stereocenters. The summed E-state index contributed by atoms with van der Waals surface area (Å²) in [6, 6.07) is 24.1. The van der Waals surface area contributed by atoms with Gasteiger partial charge in [-0.2, -0.15) is 0 Å². The van der Waals surface area contributed by atoms with Crippen molar-refractivity contribution in [1.29, 1.82) is 0 Å². The summed E-state index contributed by atoms with van der Waals surface area (Å²) in [5, 5.41) is 3.18. The Morgan fingerprint density at radius 1 is 0.821 bits per heavy atom. The normalized spacial score (nSPS) is 14.0. The predicted molar refractivity (Wildman–Crippen MR) is 115 cm³/mol. The minimum atomic E-state index is -0.368. The van der Waals surface area contributed by atoms with Gasteiger partial charge in [0.1, 0.15) is 5.70 Å². The Labute approximate surface area is 171 Å². The number of carbonyl (C=O) groups excluding carboxylic acids is 2. The molecule has 0 aromatic heterocycles. The highest BCUT2D eigenvalue weighted by Crippen LogP contribution is 2.34. The number of amides is 2. The van der Waals surface area contributed by atoms with Crippen LogP contribution in [0.5, 0.6) is 0 Å². The maximum atomic E-state index is 13.3. The van der Waals surface area contributed by atoms with Crippen LogP contribution in [0.15, 0.2) is 89.0 Å². The molecule has 0 fully saturated rings. The molecule has 3 aromatic rings. The quantitative estimate of drug-likeness (QED) is 0.579. The fourth-order valence-electron chi connectivity index (χ4n) is 3.21. The van der Waals surface area contributed by atoms with Crippen LogP contribution < -0.4 is 10.2 Å². The van der Waals surface area contributed by atoms with Crippen LogP contribution in [0.3, 0.4) is 0 Å². The predicted octanol–water partition coefficient (Wildman–Crippen LogP) is 5.15. The molecule has 0 saturated heterocycles. The first-order valence-corrected chi connectivity index (χ1v) is 9.61. The van der Waals surface area contributed by atoms with Gasteiger partial charge in [-0.3, -0.25) is 9.59 Å². The number of aryl methyl sites for hydroxylation is 1. The maximum absolute atomic E-state index is 13.3. The van der Waals surface area contributed by atoms with E-state index in [4.69, 9.17) is 0 Å². The summed E-state index contributed by atoms with van der Waals surface area (Å²) in [7, 11) is 0. The number of hydrogen-bond donors (Lipinski definition) is 1. The maximum Gasteiger partial charge on any atom is 0.282 e. The van der Waals surface area contributed by atoms with E-state index in [1.54, 1.807) is 12.1 Å².